The van der Waals surface area contributed by atoms with Crippen LogP contribution in [0.2, 0.25) is 0 Å². The molecule has 1 spiro atoms. The number of rotatable bonds is 5. The molecule has 7 aliphatic rings. The Morgan fingerprint density at radius 1 is 0.880 bits per heavy atom. The van der Waals surface area contributed by atoms with E-state index in [1.54, 1.807) is 59.5 Å². The van der Waals surface area contributed by atoms with Gasteiger partial charge in [-0.25, -0.2) is 0 Å². The van der Waals surface area contributed by atoms with Crippen LogP contribution in [0.3, 0.4) is 0 Å². The molecule has 13 heteroatoms. The molecule has 10 rings (SSSR count). The maximum absolute atomic E-state index is 14.0. The lowest BCUT2D eigenvalue weighted by Gasteiger charge is -2.41. The van der Waals surface area contributed by atoms with Gasteiger partial charge in [-0.05, 0) is 66.1 Å². The minimum absolute atomic E-state index is 0.113. The van der Waals surface area contributed by atoms with Crippen molar-refractivity contribution in [2.75, 3.05) is 40.5 Å². The molecule has 0 aromatic heterocycles. The Morgan fingerprint density at radius 2 is 1.52 bits per heavy atom. The van der Waals surface area contributed by atoms with Gasteiger partial charge in [0, 0.05) is 45.0 Å². The van der Waals surface area contributed by atoms with Crippen molar-refractivity contribution in [3.8, 4) is 34.5 Å². The minimum atomic E-state index is -1.28. The fourth-order valence-electron chi connectivity index (χ4n) is 5.92. The largest absolute Gasteiger partial charge is 0.493 e. The number of benzene rings is 3. The predicted molar refractivity (Wildman–Crippen MR) is 184 cm³/mol. The molecule has 1 unspecified atom stereocenters. The van der Waals surface area contributed by atoms with Crippen LogP contribution in [0.15, 0.2) is 60.7 Å². The number of piperidine rings is 1. The summed E-state index contributed by atoms with van der Waals surface area (Å²) in [6.45, 7) is 6.29. The van der Waals surface area contributed by atoms with Crippen molar-refractivity contribution in [1.29, 1.82) is 0 Å². The molecular weight excluding hydrogens is 644 g/mol. The minimum Gasteiger partial charge on any atom is -0.493 e. The van der Waals surface area contributed by atoms with E-state index < -0.39 is 11.6 Å². The molecule has 6 bridgehead atoms. The van der Waals surface area contributed by atoms with Gasteiger partial charge in [-0.3, -0.25) is 19.2 Å². The number of hydrogen-bond acceptors (Lipinski definition) is 9. The quantitative estimate of drug-likeness (QED) is 0.363. The predicted octanol–water partition coefficient (Wildman–Crippen LogP) is 3.84. The summed E-state index contributed by atoms with van der Waals surface area (Å²) >= 11 is 0. The first kappa shape index (κ1) is 35.8. The van der Waals surface area contributed by atoms with Crippen molar-refractivity contribution in [1.82, 2.24) is 20.9 Å². The Labute approximate surface area is 291 Å². The number of carbonyl (C=O) groups excluding carboxylic acids is 4. The zero-order valence-corrected chi connectivity index (χ0v) is 29.0. The molecule has 266 valence electrons. The molecule has 0 radical (unpaired) electrons. The molecule has 1 fully saturated rings. The smallest absolute Gasteiger partial charge is 0.264 e. The van der Waals surface area contributed by atoms with Gasteiger partial charge < -0.3 is 44.5 Å². The molecule has 3 N–H and O–H groups in total. The Kier molecular flexibility index (Phi) is 11.3. The van der Waals surface area contributed by atoms with Gasteiger partial charge in [-0.2, -0.15) is 0 Å². The van der Waals surface area contributed by atoms with Crippen molar-refractivity contribution in [3.63, 3.8) is 0 Å². The highest BCUT2D eigenvalue weighted by atomic mass is 16.5. The first-order chi connectivity index (χ1) is 24.0. The highest BCUT2D eigenvalue weighted by molar-refractivity contribution is 5.95. The van der Waals surface area contributed by atoms with Gasteiger partial charge in [0.1, 0.15) is 24.1 Å². The molecule has 1 saturated heterocycles. The third-order valence-corrected chi connectivity index (χ3v) is 8.71. The zero-order valence-electron chi connectivity index (χ0n) is 29.0. The van der Waals surface area contributed by atoms with Crippen molar-refractivity contribution in [3.05, 3.63) is 71.8 Å². The summed E-state index contributed by atoms with van der Waals surface area (Å²) in [5.41, 5.74) is -0.140. The molecule has 3 aromatic rings. The third kappa shape index (κ3) is 8.39. The number of nitrogens with zero attached hydrogens (tertiary/aromatic N) is 1. The van der Waals surface area contributed by atoms with Crippen molar-refractivity contribution in [2.45, 2.75) is 51.8 Å². The monoisotopic (exact) mass is 688 g/mol. The second kappa shape index (κ2) is 15.8. The number of methoxy groups -OCH3 is 2. The summed E-state index contributed by atoms with van der Waals surface area (Å²) in [5, 5.41) is 8.63. The molecule has 50 heavy (non-hydrogen) atoms. The van der Waals surface area contributed by atoms with Crippen molar-refractivity contribution < 1.29 is 42.9 Å². The summed E-state index contributed by atoms with van der Waals surface area (Å²) in [6, 6.07) is 16.4. The normalized spacial score (nSPS) is 16.8. The fourth-order valence-corrected chi connectivity index (χ4v) is 5.92. The van der Waals surface area contributed by atoms with Crippen LogP contribution in [0.5, 0.6) is 34.5 Å². The van der Waals surface area contributed by atoms with E-state index in [2.05, 4.69) is 16.0 Å². The summed E-state index contributed by atoms with van der Waals surface area (Å²) in [6.07, 6.45) is 0.452. The summed E-state index contributed by atoms with van der Waals surface area (Å²) in [5.74, 6) is 1.38. The van der Waals surface area contributed by atoms with E-state index in [1.165, 1.54) is 21.1 Å². The maximum Gasteiger partial charge on any atom is 0.264 e. The Balaban J connectivity index is 1.42. The molecule has 3 aromatic carbocycles. The third-order valence-electron chi connectivity index (χ3n) is 8.71. The van der Waals surface area contributed by atoms with Gasteiger partial charge in [-0.1, -0.05) is 19.9 Å². The molecular formula is C37H44N4O9. The molecule has 13 nitrogen and oxygen atoms in total. The lowest BCUT2D eigenvalue weighted by atomic mass is 9.88. The van der Waals surface area contributed by atoms with E-state index in [9.17, 15) is 19.2 Å². The highest BCUT2D eigenvalue weighted by Gasteiger charge is 2.45. The van der Waals surface area contributed by atoms with Gasteiger partial charge in [0.05, 0.1) is 20.8 Å². The van der Waals surface area contributed by atoms with Gasteiger partial charge in [0.15, 0.2) is 28.6 Å². The topological polar surface area (TPSA) is 154 Å². The molecule has 1 atom stereocenters. The zero-order chi connectivity index (χ0) is 35.8. The highest BCUT2D eigenvalue weighted by Crippen LogP contribution is 2.38. The van der Waals surface area contributed by atoms with Crippen LogP contribution in [0.25, 0.3) is 0 Å². The molecule has 0 saturated carbocycles. The molecule has 7 heterocycles. The summed E-state index contributed by atoms with van der Waals surface area (Å²) in [7, 11) is 3.01. The second-order valence-electron chi connectivity index (χ2n) is 12.6. The van der Waals surface area contributed by atoms with Crippen LogP contribution in [-0.2, 0) is 20.9 Å². The fraction of sp³-hybridized carbons (Fsp3) is 0.405. The van der Waals surface area contributed by atoms with Crippen molar-refractivity contribution in [2.24, 2.45) is 5.92 Å². The molecule has 0 aliphatic carbocycles. The average Bonchev–Trinajstić information content (AvgIpc) is 3.12. The number of nitrogens with one attached hydrogen (secondary N) is 3. The first-order valence-corrected chi connectivity index (χ1v) is 16.6. The van der Waals surface area contributed by atoms with E-state index in [0.29, 0.717) is 40.1 Å². The van der Waals surface area contributed by atoms with Crippen molar-refractivity contribution >= 4 is 23.6 Å². The van der Waals surface area contributed by atoms with E-state index in [4.69, 9.17) is 23.7 Å². The summed E-state index contributed by atoms with van der Waals surface area (Å²) in [4.78, 5) is 53.8. The molecule has 7 aliphatic heterocycles. The Hall–Kier alpha value is -5.46. The maximum atomic E-state index is 14.0. The second-order valence-corrected chi connectivity index (χ2v) is 12.6. The standard InChI is InChI=1S/C37H44N4O9/c1-23(2)33(40-24(3)42)35(44)41-17-14-37(15-18-41)36(45)39-22-25-6-12-29(31(20-25)46-4)49-30-13-7-26(21-32(30)47-5)34(43)38-16-19-48-27-8-10-28(50-37)11-9-27/h6-13,20-21,23,33H,14-19,22H2,1-5H3,(H,38,43)(H,39,45)(H,40,42). The van der Waals surface area contributed by atoms with E-state index >= 15 is 0 Å². The van der Waals surface area contributed by atoms with Crippen LogP contribution in [0.1, 0.15) is 49.5 Å². The number of amides is 4. The van der Waals surface area contributed by atoms with E-state index in [0.717, 1.165) is 5.56 Å². The van der Waals surface area contributed by atoms with Crippen LogP contribution in [-0.4, -0.2) is 80.6 Å². The average molecular weight is 689 g/mol. The summed E-state index contributed by atoms with van der Waals surface area (Å²) < 4.78 is 29.6. The van der Waals surface area contributed by atoms with E-state index in [-0.39, 0.29) is 75.2 Å². The SMILES string of the molecule is COc1cc2ccc1Oc1ccc(cc1OC)C(=O)NCCOc1ccc(cc1)OC1(CCN(C(=O)C(NC(C)=O)C(C)C)CC1)C(=O)NC2. The number of ether oxygens (including phenoxy) is 5. The van der Waals surface area contributed by atoms with Gasteiger partial charge in [0.25, 0.3) is 11.8 Å². The van der Waals surface area contributed by atoms with Crippen LogP contribution < -0.4 is 39.6 Å². The number of carbonyl (C=O) groups is 4. The van der Waals surface area contributed by atoms with Gasteiger partial charge in [0.2, 0.25) is 11.8 Å². The van der Waals surface area contributed by atoms with Gasteiger partial charge in [-0.15, -0.1) is 0 Å². The van der Waals surface area contributed by atoms with E-state index in [1.807, 2.05) is 19.9 Å². The van der Waals surface area contributed by atoms with Crippen LogP contribution in [0, 0.1) is 5.92 Å². The van der Waals surface area contributed by atoms with Gasteiger partial charge >= 0.3 is 0 Å². The lowest BCUT2D eigenvalue weighted by molar-refractivity contribution is -0.148. The number of hydrogen-bond donors (Lipinski definition) is 3. The van der Waals surface area contributed by atoms with Crippen LogP contribution >= 0.6 is 0 Å². The molecule has 4 amide bonds. The Bertz CT molecular complexity index is 1700. The van der Waals surface area contributed by atoms with Crippen LogP contribution in [0.4, 0.5) is 0 Å². The lowest BCUT2D eigenvalue weighted by Crippen LogP contribution is -2.60. The Morgan fingerprint density at radius 3 is 2.16 bits per heavy atom. The first-order valence-electron chi connectivity index (χ1n) is 16.6. The number of likely N-dealkylation sites (tertiary alicyclic amines) is 1.